The fourth-order valence-electron chi connectivity index (χ4n) is 3.71. The molecule has 3 atom stereocenters. The molecule has 6 nitrogen and oxygen atoms in total. The second-order valence-electron chi connectivity index (χ2n) is 6.66. The molecule has 0 saturated carbocycles. The third-order valence-corrected chi connectivity index (χ3v) is 5.13. The second-order valence-corrected chi connectivity index (χ2v) is 7.06. The maximum atomic E-state index is 6.30. The van der Waals surface area contributed by atoms with Crippen LogP contribution in [-0.4, -0.2) is 44.0 Å². The minimum Gasteiger partial charge on any atom is -0.486 e. The van der Waals surface area contributed by atoms with Crippen LogP contribution >= 0.6 is 35.6 Å². The summed E-state index contributed by atoms with van der Waals surface area (Å²) in [4.78, 5) is 4.70. The van der Waals surface area contributed by atoms with Gasteiger partial charge in [0.25, 0.3) is 0 Å². The summed E-state index contributed by atoms with van der Waals surface area (Å²) in [5.74, 6) is 2.14. The molecule has 0 aromatic heterocycles. The Morgan fingerprint density at radius 1 is 1.27 bits per heavy atom. The second kappa shape index (κ2) is 8.84. The molecule has 3 aliphatic rings. The average Bonchev–Trinajstić information content (AvgIpc) is 3.23. The molecule has 2 saturated heterocycles. The minimum absolute atomic E-state index is 0. The Bertz CT molecular complexity index is 673. The van der Waals surface area contributed by atoms with Gasteiger partial charge in [-0.25, -0.2) is 4.99 Å². The number of ether oxygens (including phenoxy) is 3. The highest BCUT2D eigenvalue weighted by molar-refractivity contribution is 14.0. The summed E-state index contributed by atoms with van der Waals surface area (Å²) in [6.45, 7) is 4.48. The molecule has 2 bridgehead atoms. The Balaban J connectivity index is 0.00000196. The zero-order chi connectivity index (χ0) is 17.2. The van der Waals surface area contributed by atoms with Gasteiger partial charge in [-0.1, -0.05) is 11.6 Å². The van der Waals surface area contributed by atoms with Crippen LogP contribution in [0.5, 0.6) is 11.5 Å². The fraction of sp³-hybridized carbons (Fsp3) is 0.611. The standard InChI is InChI=1S/C18H24ClN3O3.HI/c1-2-20-18(22-14-9-12-3-4-15(14)25-12)21-10-11-7-13(19)17-16(8-11)23-5-6-24-17;/h7-8,12,14-15H,2-6,9-10H2,1H3,(H2,20,21,22);1H. The predicted molar refractivity (Wildman–Crippen MR) is 112 cm³/mol. The van der Waals surface area contributed by atoms with E-state index in [9.17, 15) is 0 Å². The Hall–Kier alpha value is -0.930. The lowest BCUT2D eigenvalue weighted by atomic mass is 9.96. The van der Waals surface area contributed by atoms with E-state index in [1.54, 1.807) is 0 Å². The van der Waals surface area contributed by atoms with Gasteiger partial charge in [0.05, 0.1) is 29.8 Å². The quantitative estimate of drug-likeness (QED) is 0.383. The Morgan fingerprint density at radius 2 is 2.12 bits per heavy atom. The topological polar surface area (TPSA) is 64.1 Å². The van der Waals surface area contributed by atoms with Crippen LogP contribution in [0.2, 0.25) is 5.02 Å². The summed E-state index contributed by atoms with van der Waals surface area (Å²) < 4.78 is 17.1. The van der Waals surface area contributed by atoms with Gasteiger partial charge in [0, 0.05) is 6.54 Å². The van der Waals surface area contributed by atoms with Gasteiger partial charge < -0.3 is 24.8 Å². The SMILES string of the molecule is CCNC(=NCc1cc(Cl)c2c(c1)OCCO2)NC1CC2CCC1O2.I. The molecule has 2 fully saturated rings. The molecule has 0 aliphatic carbocycles. The Kier molecular flexibility index (Phi) is 6.74. The smallest absolute Gasteiger partial charge is 0.191 e. The molecular weight excluding hydrogens is 469 g/mol. The number of nitrogens with one attached hydrogen (secondary N) is 2. The lowest BCUT2D eigenvalue weighted by Crippen LogP contribution is -2.47. The van der Waals surface area contributed by atoms with Crippen molar-refractivity contribution in [3.8, 4) is 11.5 Å². The van der Waals surface area contributed by atoms with Crippen LogP contribution in [0.15, 0.2) is 17.1 Å². The van der Waals surface area contributed by atoms with E-state index in [2.05, 4.69) is 17.6 Å². The number of fused-ring (bicyclic) bond motifs is 3. The molecule has 4 rings (SSSR count). The van der Waals surface area contributed by atoms with Gasteiger partial charge in [-0.3, -0.25) is 0 Å². The van der Waals surface area contributed by atoms with Gasteiger partial charge in [0.15, 0.2) is 17.5 Å². The van der Waals surface area contributed by atoms with Gasteiger partial charge in [-0.05, 0) is 43.9 Å². The zero-order valence-electron chi connectivity index (χ0n) is 14.8. The predicted octanol–water partition coefficient (Wildman–Crippen LogP) is 3.10. The lowest BCUT2D eigenvalue weighted by Gasteiger charge is -2.23. The maximum absolute atomic E-state index is 6.30. The van der Waals surface area contributed by atoms with Crippen LogP contribution in [0.4, 0.5) is 0 Å². The molecule has 1 aromatic carbocycles. The maximum Gasteiger partial charge on any atom is 0.191 e. The molecule has 144 valence electrons. The summed E-state index contributed by atoms with van der Waals surface area (Å²) in [6.07, 6.45) is 4.12. The molecule has 0 radical (unpaired) electrons. The van der Waals surface area contributed by atoms with E-state index in [0.717, 1.165) is 30.9 Å². The summed E-state index contributed by atoms with van der Waals surface area (Å²) >= 11 is 6.30. The third kappa shape index (κ3) is 4.31. The van der Waals surface area contributed by atoms with E-state index in [-0.39, 0.29) is 24.0 Å². The number of guanidine groups is 1. The van der Waals surface area contributed by atoms with Crippen molar-refractivity contribution in [2.24, 2.45) is 4.99 Å². The third-order valence-electron chi connectivity index (χ3n) is 4.85. The van der Waals surface area contributed by atoms with Crippen molar-refractivity contribution < 1.29 is 14.2 Å². The normalized spacial score (nSPS) is 26.4. The number of nitrogens with zero attached hydrogens (tertiary/aromatic N) is 1. The van der Waals surface area contributed by atoms with E-state index in [1.807, 2.05) is 12.1 Å². The minimum atomic E-state index is 0. The van der Waals surface area contributed by atoms with Crippen LogP contribution in [0.3, 0.4) is 0 Å². The van der Waals surface area contributed by atoms with Crippen molar-refractivity contribution in [3.63, 3.8) is 0 Å². The first kappa shape index (κ1) is 19.8. The summed E-state index contributed by atoms with van der Waals surface area (Å²) in [6, 6.07) is 4.19. The first-order valence-electron chi connectivity index (χ1n) is 9.01. The highest BCUT2D eigenvalue weighted by atomic mass is 127. The first-order chi connectivity index (χ1) is 12.2. The van der Waals surface area contributed by atoms with Crippen LogP contribution in [-0.2, 0) is 11.3 Å². The number of aliphatic imine (C=N–C) groups is 1. The van der Waals surface area contributed by atoms with Crippen molar-refractivity contribution in [2.45, 2.75) is 51.0 Å². The van der Waals surface area contributed by atoms with Crippen LogP contribution in [0.25, 0.3) is 0 Å². The number of hydrogen-bond acceptors (Lipinski definition) is 4. The summed E-state index contributed by atoms with van der Waals surface area (Å²) in [5, 5.41) is 7.40. The summed E-state index contributed by atoms with van der Waals surface area (Å²) in [5.41, 5.74) is 0.996. The fourth-order valence-corrected chi connectivity index (χ4v) is 4.00. The van der Waals surface area contributed by atoms with Crippen molar-refractivity contribution in [1.29, 1.82) is 0 Å². The van der Waals surface area contributed by atoms with Gasteiger partial charge in [-0.15, -0.1) is 24.0 Å². The molecule has 2 N–H and O–H groups in total. The molecule has 3 unspecified atom stereocenters. The highest BCUT2D eigenvalue weighted by Gasteiger charge is 2.41. The molecule has 3 heterocycles. The molecule has 26 heavy (non-hydrogen) atoms. The first-order valence-corrected chi connectivity index (χ1v) is 9.39. The number of halogens is 2. The van der Waals surface area contributed by atoms with Crippen molar-refractivity contribution >= 4 is 41.5 Å². The Labute approximate surface area is 176 Å². The van der Waals surface area contributed by atoms with E-state index in [0.29, 0.717) is 54.5 Å². The molecular formula is C18H25ClIN3O3. The monoisotopic (exact) mass is 493 g/mol. The summed E-state index contributed by atoms with van der Waals surface area (Å²) in [7, 11) is 0. The average molecular weight is 494 g/mol. The largest absolute Gasteiger partial charge is 0.486 e. The van der Waals surface area contributed by atoms with Crippen LogP contribution in [0.1, 0.15) is 31.7 Å². The highest BCUT2D eigenvalue weighted by Crippen LogP contribution is 2.38. The molecule has 3 aliphatic heterocycles. The van der Waals surface area contributed by atoms with E-state index >= 15 is 0 Å². The number of benzene rings is 1. The van der Waals surface area contributed by atoms with Crippen molar-refractivity contribution in [1.82, 2.24) is 10.6 Å². The van der Waals surface area contributed by atoms with Crippen LogP contribution < -0.4 is 20.1 Å². The molecule has 0 spiro atoms. The Morgan fingerprint density at radius 3 is 2.85 bits per heavy atom. The van der Waals surface area contributed by atoms with Crippen molar-refractivity contribution in [2.75, 3.05) is 19.8 Å². The molecule has 8 heteroatoms. The van der Waals surface area contributed by atoms with Gasteiger partial charge in [0.2, 0.25) is 0 Å². The molecule has 0 amide bonds. The number of rotatable bonds is 4. The van der Waals surface area contributed by atoms with Gasteiger partial charge in [-0.2, -0.15) is 0 Å². The van der Waals surface area contributed by atoms with E-state index in [4.69, 9.17) is 30.8 Å². The van der Waals surface area contributed by atoms with Crippen LogP contribution in [0, 0.1) is 0 Å². The lowest BCUT2D eigenvalue weighted by molar-refractivity contribution is 0.0992. The van der Waals surface area contributed by atoms with E-state index < -0.39 is 0 Å². The van der Waals surface area contributed by atoms with E-state index in [1.165, 1.54) is 6.42 Å². The van der Waals surface area contributed by atoms with Crippen molar-refractivity contribution in [3.05, 3.63) is 22.7 Å². The van der Waals surface area contributed by atoms with Gasteiger partial charge in [0.1, 0.15) is 13.2 Å². The zero-order valence-corrected chi connectivity index (χ0v) is 17.9. The molecule has 1 aromatic rings. The van der Waals surface area contributed by atoms with Gasteiger partial charge >= 0.3 is 0 Å². The number of hydrogen-bond donors (Lipinski definition) is 2.